The molecule has 0 bridgehead atoms. The molecule has 0 radical (unpaired) electrons. The molecule has 1 aromatic carbocycles. The van der Waals surface area contributed by atoms with Crippen molar-refractivity contribution in [1.82, 2.24) is 9.80 Å². The van der Waals surface area contributed by atoms with Crippen LogP contribution in [0.25, 0.3) is 0 Å². The van der Waals surface area contributed by atoms with Crippen molar-refractivity contribution in [2.45, 2.75) is 0 Å². The van der Waals surface area contributed by atoms with E-state index in [1.807, 2.05) is 4.90 Å². The van der Waals surface area contributed by atoms with Gasteiger partial charge in [0.2, 0.25) is 0 Å². The van der Waals surface area contributed by atoms with Crippen molar-refractivity contribution in [3.63, 3.8) is 0 Å². The van der Waals surface area contributed by atoms with E-state index in [1.165, 1.54) is 18.2 Å². The maximum atomic E-state index is 12.3. The van der Waals surface area contributed by atoms with Crippen molar-refractivity contribution in [3.05, 3.63) is 39.4 Å². The normalized spacial score (nSPS) is 19.0. The van der Waals surface area contributed by atoms with Crippen molar-refractivity contribution in [2.75, 3.05) is 33.0 Å². The van der Waals surface area contributed by atoms with Crippen molar-refractivity contribution < 1.29 is 19.2 Å². The van der Waals surface area contributed by atoms with Gasteiger partial charge in [0.25, 0.3) is 17.5 Å². The fourth-order valence-electron chi connectivity index (χ4n) is 2.54. The van der Waals surface area contributed by atoms with E-state index in [9.17, 15) is 19.7 Å². The first-order chi connectivity index (χ1) is 10.1. The Morgan fingerprint density at radius 2 is 1.90 bits per heavy atom. The molecule has 1 saturated heterocycles. The van der Waals surface area contributed by atoms with Crippen molar-refractivity contribution in [3.8, 4) is 0 Å². The predicted octanol–water partition coefficient (Wildman–Crippen LogP) is 0.480. The first kappa shape index (κ1) is 13.7. The molecule has 0 N–H and O–H groups in total. The molecule has 0 saturated carbocycles. The molecule has 21 heavy (non-hydrogen) atoms. The molecular formula is C13H13N3O5. The standard InChI is InChI=1S/C13H13N3O5/c17-12-9-2-1-3-10(16(19)20)11(9)13(18)15(12)8-14-4-6-21-7-5-14/h1-3H,4-8H2. The summed E-state index contributed by atoms with van der Waals surface area (Å²) in [6.45, 7) is 2.46. The molecule has 0 unspecified atom stereocenters. The van der Waals surface area contributed by atoms with Gasteiger partial charge < -0.3 is 4.74 Å². The van der Waals surface area contributed by atoms with Crippen LogP contribution >= 0.6 is 0 Å². The summed E-state index contributed by atoms with van der Waals surface area (Å²) in [4.78, 5) is 38.0. The molecule has 8 nitrogen and oxygen atoms in total. The lowest BCUT2D eigenvalue weighted by Gasteiger charge is -2.29. The third-order valence-corrected chi connectivity index (χ3v) is 3.62. The molecule has 8 heteroatoms. The number of amides is 2. The first-order valence-corrected chi connectivity index (χ1v) is 6.53. The zero-order valence-corrected chi connectivity index (χ0v) is 11.2. The van der Waals surface area contributed by atoms with E-state index in [0.29, 0.717) is 26.3 Å². The highest BCUT2D eigenvalue weighted by Gasteiger charge is 2.41. The van der Waals surface area contributed by atoms with E-state index in [1.54, 1.807) is 0 Å². The highest BCUT2D eigenvalue weighted by atomic mass is 16.6. The molecule has 2 heterocycles. The minimum atomic E-state index is -0.637. The van der Waals surface area contributed by atoms with Crippen LogP contribution in [-0.4, -0.2) is 59.5 Å². The molecule has 0 atom stereocenters. The van der Waals surface area contributed by atoms with Crippen LogP contribution in [0.15, 0.2) is 18.2 Å². The molecular weight excluding hydrogens is 278 g/mol. The Kier molecular flexibility index (Phi) is 3.40. The van der Waals surface area contributed by atoms with E-state index in [0.717, 1.165) is 4.90 Å². The maximum absolute atomic E-state index is 12.3. The predicted molar refractivity (Wildman–Crippen MR) is 70.9 cm³/mol. The summed E-state index contributed by atoms with van der Waals surface area (Å²) >= 11 is 0. The van der Waals surface area contributed by atoms with Gasteiger partial charge in [0.1, 0.15) is 5.56 Å². The fraction of sp³-hybridized carbons (Fsp3) is 0.385. The smallest absolute Gasteiger partial charge is 0.282 e. The number of carbonyl (C=O) groups excluding carboxylic acids is 2. The Morgan fingerprint density at radius 1 is 1.19 bits per heavy atom. The van der Waals surface area contributed by atoms with Crippen LogP contribution in [0.3, 0.4) is 0 Å². The second-order valence-corrected chi connectivity index (χ2v) is 4.87. The molecule has 1 fully saturated rings. The highest BCUT2D eigenvalue weighted by Crippen LogP contribution is 2.30. The highest BCUT2D eigenvalue weighted by molar-refractivity contribution is 6.23. The molecule has 110 valence electrons. The van der Waals surface area contributed by atoms with E-state index in [-0.39, 0.29) is 23.5 Å². The van der Waals surface area contributed by atoms with Gasteiger partial charge in [-0.05, 0) is 6.07 Å². The van der Waals surface area contributed by atoms with Gasteiger partial charge in [-0.15, -0.1) is 0 Å². The lowest BCUT2D eigenvalue weighted by atomic mass is 10.1. The summed E-state index contributed by atoms with van der Waals surface area (Å²) in [5.74, 6) is -1.08. The van der Waals surface area contributed by atoms with E-state index >= 15 is 0 Å². The molecule has 2 aliphatic heterocycles. The summed E-state index contributed by atoms with van der Waals surface area (Å²) in [5.41, 5.74) is -0.335. The number of nitro groups is 1. The molecule has 0 aromatic heterocycles. The van der Waals surface area contributed by atoms with Crippen LogP contribution < -0.4 is 0 Å². The number of rotatable bonds is 3. The van der Waals surface area contributed by atoms with Gasteiger partial charge in [-0.1, -0.05) is 6.07 Å². The topological polar surface area (TPSA) is 93.0 Å². The SMILES string of the molecule is O=C1c2cccc([N+](=O)[O-])c2C(=O)N1CN1CCOCC1. The second kappa shape index (κ2) is 5.23. The Hall–Kier alpha value is -2.32. The Morgan fingerprint density at radius 3 is 2.57 bits per heavy atom. The van der Waals surface area contributed by atoms with Gasteiger partial charge in [-0.3, -0.25) is 29.5 Å². The fourth-order valence-corrected chi connectivity index (χ4v) is 2.54. The van der Waals surface area contributed by atoms with Gasteiger partial charge in [0.05, 0.1) is 30.4 Å². The van der Waals surface area contributed by atoms with Gasteiger partial charge in [0.15, 0.2) is 0 Å². The average molecular weight is 291 g/mol. The van der Waals surface area contributed by atoms with Crippen LogP contribution in [0.2, 0.25) is 0 Å². The second-order valence-electron chi connectivity index (χ2n) is 4.87. The number of hydrogen-bond donors (Lipinski definition) is 0. The summed E-state index contributed by atoms with van der Waals surface area (Å²) in [7, 11) is 0. The zero-order valence-electron chi connectivity index (χ0n) is 11.2. The number of nitrogens with zero attached hydrogens (tertiary/aromatic N) is 3. The summed E-state index contributed by atoms with van der Waals surface area (Å²) in [6.07, 6.45) is 0. The van der Waals surface area contributed by atoms with Crippen LogP contribution in [-0.2, 0) is 4.74 Å². The molecule has 0 spiro atoms. The molecule has 1 aromatic rings. The number of carbonyl (C=O) groups is 2. The van der Waals surface area contributed by atoms with Gasteiger partial charge >= 0.3 is 0 Å². The van der Waals surface area contributed by atoms with Gasteiger partial charge in [-0.25, -0.2) is 0 Å². The van der Waals surface area contributed by atoms with E-state index in [4.69, 9.17) is 4.74 Å². The molecule has 0 aliphatic carbocycles. The minimum Gasteiger partial charge on any atom is -0.379 e. The van der Waals surface area contributed by atoms with Crippen molar-refractivity contribution in [2.24, 2.45) is 0 Å². The van der Waals surface area contributed by atoms with Crippen LogP contribution in [0, 0.1) is 10.1 Å². The number of ether oxygens (including phenoxy) is 1. The first-order valence-electron chi connectivity index (χ1n) is 6.53. The lowest BCUT2D eigenvalue weighted by molar-refractivity contribution is -0.385. The third kappa shape index (κ3) is 2.28. The van der Waals surface area contributed by atoms with Gasteiger partial charge in [-0.2, -0.15) is 0 Å². The number of benzene rings is 1. The van der Waals surface area contributed by atoms with E-state index < -0.39 is 16.7 Å². The zero-order chi connectivity index (χ0) is 15.0. The summed E-state index contributed by atoms with van der Waals surface area (Å²) in [6, 6.07) is 4.10. The Labute approximate surface area is 120 Å². The lowest BCUT2D eigenvalue weighted by Crippen LogP contribution is -2.46. The number of imide groups is 1. The minimum absolute atomic E-state index is 0.0995. The van der Waals surface area contributed by atoms with Crippen LogP contribution in [0.4, 0.5) is 5.69 Å². The maximum Gasteiger partial charge on any atom is 0.282 e. The Bertz CT molecular complexity index is 624. The van der Waals surface area contributed by atoms with Crippen molar-refractivity contribution >= 4 is 17.5 Å². The monoisotopic (exact) mass is 291 g/mol. The third-order valence-electron chi connectivity index (χ3n) is 3.62. The van der Waals surface area contributed by atoms with Crippen LogP contribution in [0.1, 0.15) is 20.7 Å². The van der Waals surface area contributed by atoms with E-state index in [2.05, 4.69) is 0 Å². The van der Waals surface area contributed by atoms with Gasteiger partial charge in [0, 0.05) is 19.2 Å². The molecule has 3 rings (SSSR count). The summed E-state index contributed by atoms with van der Waals surface area (Å²) < 4.78 is 5.21. The quantitative estimate of drug-likeness (QED) is 0.457. The molecule has 2 aliphatic rings. The van der Waals surface area contributed by atoms with Crippen molar-refractivity contribution in [1.29, 1.82) is 0 Å². The molecule has 2 amide bonds. The van der Waals surface area contributed by atoms with Crippen LogP contribution in [0.5, 0.6) is 0 Å². The Balaban J connectivity index is 1.89. The number of fused-ring (bicyclic) bond motifs is 1. The average Bonchev–Trinajstić information content (AvgIpc) is 2.73. The number of morpholine rings is 1. The largest absolute Gasteiger partial charge is 0.379 e. The summed E-state index contributed by atoms with van der Waals surface area (Å²) in [5, 5.41) is 11.0. The number of nitro benzene ring substituents is 1. The number of hydrogen-bond acceptors (Lipinski definition) is 6.